The molecule has 0 aromatic carbocycles. The summed E-state index contributed by atoms with van der Waals surface area (Å²) in [5.41, 5.74) is 0. The third-order valence-corrected chi connectivity index (χ3v) is 1.24. The van der Waals surface area contributed by atoms with Gasteiger partial charge in [-0.05, 0) is 6.92 Å². The summed E-state index contributed by atoms with van der Waals surface area (Å²) >= 11 is 0. The molecule has 0 rings (SSSR count). The molecule has 0 N–H and O–H groups in total. The fourth-order valence-electron chi connectivity index (χ4n) is 0.637. The summed E-state index contributed by atoms with van der Waals surface area (Å²) in [6, 6.07) is 1.69. The zero-order valence-electron chi connectivity index (χ0n) is 6.80. The van der Waals surface area contributed by atoms with Gasteiger partial charge in [0, 0.05) is 6.61 Å². The van der Waals surface area contributed by atoms with Crippen LogP contribution in [0.1, 0.15) is 6.92 Å². The van der Waals surface area contributed by atoms with Gasteiger partial charge in [0.15, 0.2) is 0 Å². The van der Waals surface area contributed by atoms with Crippen molar-refractivity contribution in [3.05, 3.63) is 0 Å². The van der Waals surface area contributed by atoms with Crippen LogP contribution in [0.5, 0.6) is 0 Å². The van der Waals surface area contributed by atoms with Gasteiger partial charge < -0.3 is 4.74 Å². The standard InChI is InChI=1S/C7H7F3N2O/c1-2-13-7(10,4-12)6(9)5(8)3-11/h5-6H,2H2,1H3. The molecule has 3 unspecified atom stereocenters. The molecule has 0 saturated heterocycles. The summed E-state index contributed by atoms with van der Waals surface area (Å²) in [5, 5.41) is 16.1. The molecule has 0 heterocycles. The number of nitriles is 2. The molecule has 6 heteroatoms. The number of hydrogen-bond donors (Lipinski definition) is 0. The Morgan fingerprint density at radius 2 is 2.00 bits per heavy atom. The largest absolute Gasteiger partial charge is 0.333 e. The van der Waals surface area contributed by atoms with Gasteiger partial charge >= 0.3 is 5.85 Å². The fourth-order valence-corrected chi connectivity index (χ4v) is 0.637. The van der Waals surface area contributed by atoms with Gasteiger partial charge in [0.25, 0.3) is 0 Å². The second-order valence-corrected chi connectivity index (χ2v) is 2.12. The van der Waals surface area contributed by atoms with Crippen LogP contribution in [-0.4, -0.2) is 24.8 Å². The van der Waals surface area contributed by atoms with Gasteiger partial charge in [-0.2, -0.15) is 14.9 Å². The maximum Gasteiger partial charge on any atom is 0.332 e. The Labute approximate surface area is 73.3 Å². The second-order valence-electron chi connectivity index (χ2n) is 2.12. The van der Waals surface area contributed by atoms with E-state index in [2.05, 4.69) is 4.74 Å². The molecule has 0 saturated carbocycles. The zero-order chi connectivity index (χ0) is 10.5. The molecule has 13 heavy (non-hydrogen) atoms. The normalized spacial score (nSPS) is 19.2. The molecule has 0 aliphatic heterocycles. The number of ether oxygens (including phenoxy) is 1. The molecule has 3 atom stereocenters. The van der Waals surface area contributed by atoms with Crippen LogP contribution in [0.2, 0.25) is 0 Å². The Hall–Kier alpha value is -1.27. The Morgan fingerprint density at radius 1 is 1.46 bits per heavy atom. The van der Waals surface area contributed by atoms with E-state index in [9.17, 15) is 13.2 Å². The minimum Gasteiger partial charge on any atom is -0.333 e. The lowest BCUT2D eigenvalue weighted by Gasteiger charge is -2.20. The molecule has 0 spiro atoms. The Morgan fingerprint density at radius 3 is 2.31 bits per heavy atom. The summed E-state index contributed by atoms with van der Waals surface area (Å²) < 4.78 is 42.1. The van der Waals surface area contributed by atoms with Crippen LogP contribution >= 0.6 is 0 Å². The molecule has 0 bridgehead atoms. The average Bonchev–Trinajstić information content (AvgIpc) is 2.15. The maximum absolute atomic E-state index is 13.0. The van der Waals surface area contributed by atoms with Crippen molar-refractivity contribution in [1.29, 1.82) is 10.5 Å². The molecule has 0 aliphatic carbocycles. The van der Waals surface area contributed by atoms with E-state index in [1.54, 1.807) is 0 Å². The average molecular weight is 192 g/mol. The minimum atomic E-state index is -3.39. The van der Waals surface area contributed by atoms with Crippen molar-refractivity contribution in [2.75, 3.05) is 6.61 Å². The summed E-state index contributed by atoms with van der Waals surface area (Å²) in [6.07, 6.45) is -5.63. The summed E-state index contributed by atoms with van der Waals surface area (Å²) in [5.74, 6) is -3.39. The van der Waals surface area contributed by atoms with Gasteiger partial charge in [-0.15, -0.1) is 0 Å². The smallest absolute Gasteiger partial charge is 0.332 e. The lowest BCUT2D eigenvalue weighted by atomic mass is 10.1. The highest BCUT2D eigenvalue weighted by molar-refractivity contribution is 5.06. The van der Waals surface area contributed by atoms with E-state index in [0.29, 0.717) is 0 Å². The van der Waals surface area contributed by atoms with E-state index in [1.165, 1.54) is 6.92 Å². The molecule has 0 radical (unpaired) electrons. The van der Waals surface area contributed by atoms with Crippen LogP contribution in [-0.2, 0) is 4.74 Å². The molecular weight excluding hydrogens is 185 g/mol. The van der Waals surface area contributed by atoms with Crippen LogP contribution < -0.4 is 0 Å². The summed E-state index contributed by atoms with van der Waals surface area (Å²) in [4.78, 5) is 0. The van der Waals surface area contributed by atoms with E-state index in [0.717, 1.165) is 12.1 Å². The van der Waals surface area contributed by atoms with Crippen LogP contribution in [0, 0.1) is 22.7 Å². The Balaban J connectivity index is 4.60. The van der Waals surface area contributed by atoms with Crippen molar-refractivity contribution in [2.24, 2.45) is 0 Å². The maximum atomic E-state index is 13.0. The summed E-state index contributed by atoms with van der Waals surface area (Å²) in [7, 11) is 0. The van der Waals surface area contributed by atoms with E-state index in [4.69, 9.17) is 10.5 Å². The monoisotopic (exact) mass is 192 g/mol. The first-order valence-electron chi connectivity index (χ1n) is 3.43. The van der Waals surface area contributed by atoms with Gasteiger partial charge in [0.2, 0.25) is 12.3 Å². The lowest BCUT2D eigenvalue weighted by molar-refractivity contribution is -0.152. The van der Waals surface area contributed by atoms with Crippen LogP contribution in [0.4, 0.5) is 13.2 Å². The van der Waals surface area contributed by atoms with Crippen LogP contribution in [0.25, 0.3) is 0 Å². The number of halogens is 3. The van der Waals surface area contributed by atoms with Crippen molar-refractivity contribution < 1.29 is 17.9 Å². The van der Waals surface area contributed by atoms with Crippen LogP contribution in [0.15, 0.2) is 0 Å². The number of hydrogen-bond acceptors (Lipinski definition) is 3. The Kier molecular flexibility index (Phi) is 4.22. The van der Waals surface area contributed by atoms with Crippen molar-refractivity contribution >= 4 is 0 Å². The molecule has 0 fully saturated rings. The molecule has 72 valence electrons. The number of alkyl halides is 3. The molecule has 0 aliphatic rings. The van der Waals surface area contributed by atoms with Crippen molar-refractivity contribution in [1.82, 2.24) is 0 Å². The molecule has 3 nitrogen and oxygen atoms in total. The molecule has 0 amide bonds. The van der Waals surface area contributed by atoms with Crippen LogP contribution in [0.3, 0.4) is 0 Å². The van der Waals surface area contributed by atoms with Gasteiger partial charge in [-0.25, -0.2) is 8.78 Å². The van der Waals surface area contributed by atoms with Gasteiger partial charge in [-0.3, -0.25) is 0 Å². The molecule has 0 aromatic heterocycles. The van der Waals surface area contributed by atoms with E-state index >= 15 is 0 Å². The Bertz CT molecular complexity index is 247. The molecule has 0 aromatic rings. The predicted octanol–water partition coefficient (Wildman–Crippen LogP) is 1.41. The second kappa shape index (κ2) is 4.68. The topological polar surface area (TPSA) is 56.8 Å². The van der Waals surface area contributed by atoms with Crippen molar-refractivity contribution in [3.8, 4) is 12.1 Å². The van der Waals surface area contributed by atoms with E-state index in [1.807, 2.05) is 0 Å². The van der Waals surface area contributed by atoms with Crippen molar-refractivity contribution in [3.63, 3.8) is 0 Å². The molecular formula is C7H7F3N2O. The quantitative estimate of drug-likeness (QED) is 0.676. The lowest BCUT2D eigenvalue weighted by Crippen LogP contribution is -2.42. The van der Waals surface area contributed by atoms with Crippen molar-refractivity contribution in [2.45, 2.75) is 25.1 Å². The first kappa shape index (κ1) is 11.7. The van der Waals surface area contributed by atoms with E-state index in [-0.39, 0.29) is 6.61 Å². The third-order valence-electron chi connectivity index (χ3n) is 1.24. The highest BCUT2D eigenvalue weighted by Gasteiger charge is 2.46. The zero-order valence-corrected chi connectivity index (χ0v) is 6.80. The minimum absolute atomic E-state index is 0.289. The number of rotatable bonds is 4. The third kappa shape index (κ3) is 2.60. The summed E-state index contributed by atoms with van der Waals surface area (Å²) in [6.45, 7) is 1.03. The van der Waals surface area contributed by atoms with Gasteiger partial charge in [0.05, 0.1) is 0 Å². The predicted molar refractivity (Wildman–Crippen MR) is 36.5 cm³/mol. The SMILES string of the molecule is CCOC(F)(C#N)C(F)C(F)C#N. The highest BCUT2D eigenvalue weighted by Crippen LogP contribution is 2.24. The van der Waals surface area contributed by atoms with Gasteiger partial charge in [0.1, 0.15) is 12.1 Å². The first-order valence-corrected chi connectivity index (χ1v) is 3.43. The highest BCUT2D eigenvalue weighted by atomic mass is 19.2. The first-order chi connectivity index (χ1) is 6.01. The number of nitrogens with zero attached hydrogens (tertiary/aromatic N) is 2. The van der Waals surface area contributed by atoms with E-state index < -0.39 is 18.2 Å². The van der Waals surface area contributed by atoms with Gasteiger partial charge in [-0.1, -0.05) is 0 Å². The fraction of sp³-hybridized carbons (Fsp3) is 0.714.